The van der Waals surface area contributed by atoms with Crippen molar-refractivity contribution >= 4 is 28.5 Å². The third-order valence-corrected chi connectivity index (χ3v) is 7.09. The minimum atomic E-state index is -0.161. The van der Waals surface area contributed by atoms with Gasteiger partial charge in [0.1, 0.15) is 17.5 Å². The molecule has 5 rings (SSSR count). The molecule has 1 aliphatic heterocycles. The fourth-order valence-electron chi connectivity index (χ4n) is 5.14. The molecule has 2 aliphatic rings. The topological polar surface area (TPSA) is 134 Å². The smallest absolute Gasteiger partial charge is 0.255 e. The highest BCUT2D eigenvalue weighted by atomic mass is 16.5. The molecule has 0 radical (unpaired) electrons. The van der Waals surface area contributed by atoms with Gasteiger partial charge in [0.15, 0.2) is 0 Å². The summed E-state index contributed by atoms with van der Waals surface area (Å²) in [6, 6.07) is 8.12. The molecule has 3 aromatic rings. The largest absolute Gasteiger partial charge is 0.381 e. The molecule has 1 saturated carbocycles. The molecule has 0 atom stereocenters. The van der Waals surface area contributed by atoms with Gasteiger partial charge in [-0.25, -0.2) is 9.97 Å². The zero-order valence-corrected chi connectivity index (χ0v) is 20.9. The zero-order valence-electron chi connectivity index (χ0n) is 20.9. The van der Waals surface area contributed by atoms with Gasteiger partial charge >= 0.3 is 0 Å². The molecule has 4 heterocycles. The molecule has 0 spiro atoms. The van der Waals surface area contributed by atoms with E-state index in [0.717, 1.165) is 49.6 Å². The third kappa shape index (κ3) is 5.73. The number of hydrogen-bond acceptors (Lipinski definition) is 7. The SMILES string of the molecule is CC(=O)N[C@H]1CC[C@H](NC(=O)c2cnc(-n3ccc4cc(C#N)cnc43)cc2NC2CCOCC2)CC1. The van der Waals surface area contributed by atoms with Crippen LogP contribution in [0.5, 0.6) is 0 Å². The Bertz CT molecular complexity index is 1330. The van der Waals surface area contributed by atoms with E-state index in [-0.39, 0.29) is 29.9 Å². The number of fused-ring (bicyclic) bond motifs is 1. The van der Waals surface area contributed by atoms with E-state index in [1.807, 2.05) is 22.9 Å². The van der Waals surface area contributed by atoms with Crippen LogP contribution >= 0.6 is 0 Å². The molecule has 10 heteroatoms. The number of rotatable bonds is 6. The summed E-state index contributed by atoms with van der Waals surface area (Å²) in [6.45, 7) is 2.90. The van der Waals surface area contributed by atoms with Gasteiger partial charge in [-0.1, -0.05) is 0 Å². The van der Waals surface area contributed by atoms with E-state index in [1.165, 1.54) is 6.92 Å². The molecule has 192 valence electrons. The molecule has 0 unspecified atom stereocenters. The number of nitrogens with zero attached hydrogens (tertiary/aromatic N) is 4. The van der Waals surface area contributed by atoms with Crippen LogP contribution in [-0.2, 0) is 9.53 Å². The Morgan fingerprint density at radius 1 is 1.00 bits per heavy atom. The maximum atomic E-state index is 13.4. The molecule has 37 heavy (non-hydrogen) atoms. The van der Waals surface area contributed by atoms with Gasteiger partial charge in [-0.05, 0) is 50.7 Å². The monoisotopic (exact) mass is 501 g/mol. The Morgan fingerprint density at radius 3 is 2.43 bits per heavy atom. The van der Waals surface area contributed by atoms with Gasteiger partial charge in [-0.15, -0.1) is 0 Å². The maximum Gasteiger partial charge on any atom is 0.255 e. The van der Waals surface area contributed by atoms with Gasteiger partial charge in [0.25, 0.3) is 5.91 Å². The molecular formula is C27H31N7O3. The van der Waals surface area contributed by atoms with Crippen molar-refractivity contribution in [1.82, 2.24) is 25.2 Å². The van der Waals surface area contributed by atoms with Crippen molar-refractivity contribution in [1.29, 1.82) is 5.26 Å². The summed E-state index contributed by atoms with van der Waals surface area (Å²) < 4.78 is 7.36. The van der Waals surface area contributed by atoms with Gasteiger partial charge in [0, 0.05) is 68.3 Å². The summed E-state index contributed by atoms with van der Waals surface area (Å²) in [4.78, 5) is 33.8. The minimum absolute atomic E-state index is 0.0151. The van der Waals surface area contributed by atoms with Crippen LogP contribution in [0.3, 0.4) is 0 Å². The van der Waals surface area contributed by atoms with Crippen LogP contribution in [0.15, 0.2) is 36.8 Å². The molecular weight excluding hydrogens is 470 g/mol. The molecule has 10 nitrogen and oxygen atoms in total. The molecule has 0 bridgehead atoms. The second-order valence-electron chi connectivity index (χ2n) is 9.78. The third-order valence-electron chi connectivity index (χ3n) is 7.09. The lowest BCUT2D eigenvalue weighted by Crippen LogP contribution is -2.43. The first kappa shape index (κ1) is 24.7. The highest BCUT2D eigenvalue weighted by molar-refractivity contribution is 6.00. The van der Waals surface area contributed by atoms with E-state index in [9.17, 15) is 14.9 Å². The summed E-state index contributed by atoms with van der Waals surface area (Å²) in [6.07, 6.45) is 10.1. The van der Waals surface area contributed by atoms with Gasteiger partial charge in [-0.2, -0.15) is 5.26 Å². The van der Waals surface area contributed by atoms with Crippen LogP contribution in [0.1, 0.15) is 61.4 Å². The van der Waals surface area contributed by atoms with Crippen molar-refractivity contribution in [3.8, 4) is 11.9 Å². The molecule has 1 saturated heterocycles. The first-order valence-electron chi connectivity index (χ1n) is 12.8. The van der Waals surface area contributed by atoms with Crippen molar-refractivity contribution in [2.24, 2.45) is 0 Å². The van der Waals surface area contributed by atoms with Crippen molar-refractivity contribution in [2.75, 3.05) is 18.5 Å². The molecule has 2 fully saturated rings. The van der Waals surface area contributed by atoms with Crippen LogP contribution in [0.2, 0.25) is 0 Å². The number of pyridine rings is 2. The minimum Gasteiger partial charge on any atom is -0.381 e. The number of anilines is 1. The lowest BCUT2D eigenvalue weighted by Gasteiger charge is -2.30. The van der Waals surface area contributed by atoms with Crippen LogP contribution < -0.4 is 16.0 Å². The van der Waals surface area contributed by atoms with Gasteiger partial charge in [0.2, 0.25) is 5.91 Å². The average Bonchev–Trinajstić information content (AvgIpc) is 3.33. The second-order valence-corrected chi connectivity index (χ2v) is 9.78. The number of amides is 2. The van der Waals surface area contributed by atoms with Crippen LogP contribution in [-0.4, -0.2) is 57.7 Å². The van der Waals surface area contributed by atoms with Gasteiger partial charge in [0.05, 0.1) is 16.8 Å². The Kier molecular flexibility index (Phi) is 7.32. The quantitative estimate of drug-likeness (QED) is 0.473. The van der Waals surface area contributed by atoms with Crippen LogP contribution in [0.4, 0.5) is 5.69 Å². The Balaban J connectivity index is 1.38. The number of hydrogen-bond donors (Lipinski definition) is 3. The van der Waals surface area contributed by atoms with E-state index in [1.54, 1.807) is 18.5 Å². The van der Waals surface area contributed by atoms with Crippen LogP contribution in [0.25, 0.3) is 16.9 Å². The van der Waals surface area contributed by atoms with Gasteiger partial charge in [-0.3, -0.25) is 14.2 Å². The van der Waals surface area contributed by atoms with Crippen molar-refractivity contribution < 1.29 is 14.3 Å². The van der Waals surface area contributed by atoms with E-state index in [2.05, 4.69) is 32.0 Å². The number of nitriles is 1. The molecule has 1 aliphatic carbocycles. The van der Waals surface area contributed by atoms with Gasteiger partial charge < -0.3 is 20.7 Å². The average molecular weight is 502 g/mol. The first-order chi connectivity index (χ1) is 18.0. The summed E-state index contributed by atoms with van der Waals surface area (Å²) in [5.41, 5.74) is 2.40. The predicted octanol–water partition coefficient (Wildman–Crippen LogP) is 3.06. The maximum absolute atomic E-state index is 13.4. The highest BCUT2D eigenvalue weighted by Gasteiger charge is 2.25. The number of ether oxygens (including phenoxy) is 1. The Labute approximate surface area is 215 Å². The van der Waals surface area contributed by atoms with Crippen LogP contribution in [0, 0.1) is 11.3 Å². The molecule has 3 N–H and O–H groups in total. The number of carbonyl (C=O) groups excluding carboxylic acids is 2. The fourth-order valence-corrected chi connectivity index (χ4v) is 5.14. The van der Waals surface area contributed by atoms with E-state index >= 15 is 0 Å². The summed E-state index contributed by atoms with van der Waals surface area (Å²) in [5, 5.41) is 19.7. The predicted molar refractivity (Wildman–Crippen MR) is 138 cm³/mol. The normalized spacial score (nSPS) is 20.2. The zero-order chi connectivity index (χ0) is 25.8. The summed E-state index contributed by atoms with van der Waals surface area (Å²) in [7, 11) is 0. The van der Waals surface area contributed by atoms with Crippen molar-refractivity contribution in [2.45, 2.75) is 63.6 Å². The standard InChI is InChI=1S/C27H31N7O3/c1-17(35)31-20-2-4-21(5-3-20)33-27(36)23-16-29-25(13-24(23)32-22-7-10-37-11-8-22)34-9-6-19-12-18(14-28)15-30-26(19)34/h6,9,12-13,15-16,20-22H,2-5,7-8,10-11H2,1H3,(H,29,32)(H,31,35)(H,33,36)/t20-,21-. The second kappa shape index (κ2) is 11.0. The summed E-state index contributed by atoms with van der Waals surface area (Å²) >= 11 is 0. The van der Waals surface area contributed by atoms with E-state index < -0.39 is 0 Å². The molecule has 2 amide bonds. The highest BCUT2D eigenvalue weighted by Crippen LogP contribution is 2.26. The number of nitrogens with one attached hydrogen (secondary N) is 3. The van der Waals surface area contributed by atoms with E-state index in [0.29, 0.717) is 35.8 Å². The van der Waals surface area contributed by atoms with Crippen molar-refractivity contribution in [3.63, 3.8) is 0 Å². The Morgan fingerprint density at radius 2 is 1.73 bits per heavy atom. The summed E-state index contributed by atoms with van der Waals surface area (Å²) in [5.74, 6) is 0.457. The van der Waals surface area contributed by atoms with E-state index in [4.69, 9.17) is 4.74 Å². The molecule has 3 aromatic heterocycles. The number of aromatic nitrogens is 3. The first-order valence-corrected chi connectivity index (χ1v) is 12.8. The lowest BCUT2D eigenvalue weighted by molar-refractivity contribution is -0.119. The molecule has 0 aromatic carbocycles. The fraction of sp³-hybridized carbons (Fsp3) is 0.444. The Hall–Kier alpha value is -3.97. The van der Waals surface area contributed by atoms with Crippen molar-refractivity contribution in [3.05, 3.63) is 47.9 Å². The lowest BCUT2D eigenvalue weighted by atomic mass is 9.91. The number of carbonyl (C=O) groups is 2.